The molecule has 0 aromatic heterocycles. The molecule has 4 N–H and O–H groups in total. The maximum Gasteiger partial charge on any atom is 0.258 e. The Kier molecular flexibility index (Phi) is 3.93. The molecule has 1 aromatic carbocycles. The van der Waals surface area contributed by atoms with Crippen molar-refractivity contribution in [1.82, 2.24) is 0 Å². The van der Waals surface area contributed by atoms with Crippen LogP contribution in [0.2, 0.25) is 5.02 Å². The summed E-state index contributed by atoms with van der Waals surface area (Å²) < 4.78 is 0. The van der Waals surface area contributed by atoms with E-state index in [2.05, 4.69) is 9.99 Å². The minimum atomic E-state index is -0.613. The van der Waals surface area contributed by atoms with E-state index in [4.69, 9.17) is 23.1 Å². The Labute approximate surface area is 91.6 Å². The number of carbonyl (C=O) groups excluding carboxylic acids is 1. The first-order valence-electron chi connectivity index (χ1n) is 4.09. The molecule has 1 rings (SSSR count). The number of amidine groups is 1. The monoisotopic (exact) mass is 227 g/mol. The lowest BCUT2D eigenvalue weighted by Crippen LogP contribution is -2.19. The molecule has 0 aliphatic heterocycles. The van der Waals surface area contributed by atoms with E-state index in [9.17, 15) is 4.79 Å². The number of amides is 1. The molecule has 0 atom stereocenters. The second-order valence-corrected chi connectivity index (χ2v) is 3.16. The quantitative estimate of drug-likeness (QED) is 0.445. The number of primary amides is 1. The van der Waals surface area contributed by atoms with Gasteiger partial charge in [-0.15, -0.1) is 0 Å². The summed E-state index contributed by atoms with van der Waals surface area (Å²) in [7, 11) is 0. The van der Waals surface area contributed by atoms with Crippen molar-refractivity contribution in [3.8, 4) is 0 Å². The summed E-state index contributed by atoms with van der Waals surface area (Å²) in [6.45, 7) is -0.304. The highest BCUT2D eigenvalue weighted by Gasteiger charge is 2.00. The van der Waals surface area contributed by atoms with Crippen molar-refractivity contribution in [1.29, 1.82) is 0 Å². The molecule has 0 saturated heterocycles. The summed E-state index contributed by atoms with van der Waals surface area (Å²) in [4.78, 5) is 14.9. The Bertz CT molecular complexity index is 393. The van der Waals surface area contributed by atoms with Crippen molar-refractivity contribution in [3.05, 3.63) is 34.9 Å². The van der Waals surface area contributed by atoms with Crippen LogP contribution < -0.4 is 11.5 Å². The number of oxime groups is 1. The fourth-order valence-electron chi connectivity index (χ4n) is 0.866. The van der Waals surface area contributed by atoms with Crippen LogP contribution in [0.25, 0.3) is 0 Å². The van der Waals surface area contributed by atoms with E-state index in [1.165, 1.54) is 0 Å². The van der Waals surface area contributed by atoms with E-state index in [1.54, 1.807) is 24.3 Å². The summed E-state index contributed by atoms with van der Waals surface area (Å²) in [6.07, 6.45) is 0. The van der Waals surface area contributed by atoms with Gasteiger partial charge in [-0.05, 0) is 12.1 Å². The second kappa shape index (κ2) is 5.21. The number of halogens is 1. The average Bonchev–Trinajstić information content (AvgIpc) is 2.17. The first-order valence-corrected chi connectivity index (χ1v) is 4.47. The zero-order valence-electron chi connectivity index (χ0n) is 7.81. The molecule has 0 aliphatic rings. The third-order valence-corrected chi connectivity index (χ3v) is 1.73. The lowest BCUT2D eigenvalue weighted by atomic mass is 10.2. The summed E-state index contributed by atoms with van der Waals surface area (Å²) in [5.74, 6) is -0.476. The Morgan fingerprint density at radius 2 is 2.20 bits per heavy atom. The van der Waals surface area contributed by atoms with Crippen molar-refractivity contribution in [2.24, 2.45) is 16.6 Å². The number of nitrogens with two attached hydrogens (primary N) is 2. The van der Waals surface area contributed by atoms with E-state index >= 15 is 0 Å². The van der Waals surface area contributed by atoms with E-state index in [-0.39, 0.29) is 12.4 Å². The number of benzene rings is 1. The van der Waals surface area contributed by atoms with E-state index in [1.807, 2.05) is 0 Å². The van der Waals surface area contributed by atoms with Gasteiger partial charge in [0.15, 0.2) is 12.4 Å². The highest BCUT2D eigenvalue weighted by atomic mass is 35.5. The molecular weight excluding hydrogens is 218 g/mol. The van der Waals surface area contributed by atoms with Crippen LogP contribution in [0.4, 0.5) is 0 Å². The third kappa shape index (κ3) is 3.86. The van der Waals surface area contributed by atoms with Gasteiger partial charge in [-0.1, -0.05) is 28.9 Å². The molecule has 0 spiro atoms. The first kappa shape index (κ1) is 11.3. The Morgan fingerprint density at radius 1 is 1.47 bits per heavy atom. The zero-order chi connectivity index (χ0) is 11.3. The van der Waals surface area contributed by atoms with Crippen LogP contribution in [0.15, 0.2) is 29.4 Å². The van der Waals surface area contributed by atoms with E-state index < -0.39 is 5.91 Å². The van der Waals surface area contributed by atoms with Crippen LogP contribution in [0, 0.1) is 0 Å². The fraction of sp³-hybridized carbons (Fsp3) is 0.111. The van der Waals surface area contributed by atoms with E-state index in [0.717, 1.165) is 0 Å². The summed E-state index contributed by atoms with van der Waals surface area (Å²) in [6, 6.07) is 6.79. The molecule has 6 heteroatoms. The highest BCUT2D eigenvalue weighted by Crippen LogP contribution is 2.10. The minimum absolute atomic E-state index is 0.138. The molecule has 15 heavy (non-hydrogen) atoms. The van der Waals surface area contributed by atoms with Crippen LogP contribution in [0.3, 0.4) is 0 Å². The third-order valence-electron chi connectivity index (χ3n) is 1.49. The Hall–Kier alpha value is -1.75. The van der Waals surface area contributed by atoms with E-state index in [0.29, 0.717) is 10.6 Å². The van der Waals surface area contributed by atoms with Gasteiger partial charge < -0.3 is 16.3 Å². The van der Waals surface area contributed by atoms with Gasteiger partial charge in [0.1, 0.15) is 0 Å². The van der Waals surface area contributed by atoms with Crippen molar-refractivity contribution in [2.45, 2.75) is 0 Å². The highest BCUT2D eigenvalue weighted by molar-refractivity contribution is 6.31. The molecule has 0 aliphatic carbocycles. The van der Waals surface area contributed by atoms with Crippen molar-refractivity contribution in [2.75, 3.05) is 6.61 Å². The topological polar surface area (TPSA) is 90.7 Å². The summed E-state index contributed by atoms with van der Waals surface area (Å²) >= 11 is 5.75. The fourth-order valence-corrected chi connectivity index (χ4v) is 1.06. The van der Waals surface area contributed by atoms with Crippen molar-refractivity contribution < 1.29 is 9.63 Å². The van der Waals surface area contributed by atoms with Gasteiger partial charge in [-0.25, -0.2) is 0 Å². The molecule has 80 valence electrons. The number of rotatable bonds is 4. The number of nitrogens with zero attached hydrogens (tertiary/aromatic N) is 1. The number of hydrogen-bond acceptors (Lipinski definition) is 3. The summed E-state index contributed by atoms with van der Waals surface area (Å²) in [5.41, 5.74) is 11.0. The zero-order valence-corrected chi connectivity index (χ0v) is 8.57. The van der Waals surface area contributed by atoms with Crippen molar-refractivity contribution >= 4 is 23.3 Å². The standard InChI is InChI=1S/C9H10ClN3O2/c10-7-3-1-2-6(4-7)9(12)13-15-5-8(11)14/h1-4H,5H2,(H2,11,14)(H2,12,13). The predicted molar refractivity (Wildman–Crippen MR) is 57.3 cm³/mol. The van der Waals surface area contributed by atoms with Gasteiger partial charge in [-0.3, -0.25) is 4.79 Å². The largest absolute Gasteiger partial charge is 0.384 e. The smallest absolute Gasteiger partial charge is 0.258 e. The van der Waals surface area contributed by atoms with Gasteiger partial charge in [0, 0.05) is 10.6 Å². The van der Waals surface area contributed by atoms with Crippen molar-refractivity contribution in [3.63, 3.8) is 0 Å². The molecule has 0 radical (unpaired) electrons. The molecule has 0 saturated carbocycles. The molecule has 5 nitrogen and oxygen atoms in total. The second-order valence-electron chi connectivity index (χ2n) is 2.73. The van der Waals surface area contributed by atoms with Gasteiger partial charge in [0.25, 0.3) is 5.91 Å². The molecule has 0 fully saturated rings. The molecule has 0 bridgehead atoms. The molecule has 0 unspecified atom stereocenters. The Morgan fingerprint density at radius 3 is 2.80 bits per heavy atom. The Balaban J connectivity index is 2.67. The number of hydrogen-bond donors (Lipinski definition) is 2. The molecular formula is C9H10ClN3O2. The predicted octanol–water partition coefficient (Wildman–Crippen LogP) is 0.462. The maximum absolute atomic E-state index is 10.3. The molecule has 1 amide bonds. The van der Waals surface area contributed by atoms with Crippen LogP contribution in [-0.4, -0.2) is 18.3 Å². The van der Waals surface area contributed by atoms with Crippen LogP contribution in [0.1, 0.15) is 5.56 Å². The average molecular weight is 228 g/mol. The normalized spacial score (nSPS) is 11.1. The van der Waals surface area contributed by atoms with Crippen LogP contribution >= 0.6 is 11.6 Å². The van der Waals surface area contributed by atoms with Crippen LogP contribution in [0.5, 0.6) is 0 Å². The SMILES string of the molecule is NC(=O)CO/N=C(\N)c1cccc(Cl)c1. The first-order chi connectivity index (χ1) is 7.09. The lowest BCUT2D eigenvalue weighted by molar-refractivity contribution is -0.122. The van der Waals surface area contributed by atoms with Gasteiger partial charge in [-0.2, -0.15) is 0 Å². The van der Waals surface area contributed by atoms with Gasteiger partial charge in [0.05, 0.1) is 0 Å². The number of carbonyl (C=O) groups is 1. The minimum Gasteiger partial charge on any atom is -0.384 e. The molecule has 1 aromatic rings. The van der Waals surface area contributed by atoms with Gasteiger partial charge >= 0.3 is 0 Å². The lowest BCUT2D eigenvalue weighted by Gasteiger charge is -2.00. The molecule has 0 heterocycles. The van der Waals surface area contributed by atoms with Gasteiger partial charge in [0.2, 0.25) is 0 Å². The van der Waals surface area contributed by atoms with Crippen LogP contribution in [-0.2, 0) is 9.63 Å². The maximum atomic E-state index is 10.3. The summed E-state index contributed by atoms with van der Waals surface area (Å²) in [5, 5.41) is 4.05.